The Morgan fingerprint density at radius 2 is 1.80 bits per heavy atom. The number of rotatable bonds is 2. The molecule has 3 nitrogen and oxygen atoms in total. The number of nitrogens with zero attached hydrogens (tertiary/aromatic N) is 1. The van der Waals surface area contributed by atoms with Crippen LogP contribution in [-0.4, -0.2) is 23.6 Å². The maximum atomic E-state index is 12.4. The van der Waals surface area contributed by atoms with Crippen molar-refractivity contribution < 1.29 is 9.59 Å². The zero-order valence-corrected chi connectivity index (χ0v) is 11.8. The summed E-state index contributed by atoms with van der Waals surface area (Å²) >= 11 is 0. The molecule has 0 aromatic heterocycles. The second-order valence-corrected chi connectivity index (χ2v) is 5.68. The van der Waals surface area contributed by atoms with Crippen LogP contribution in [0.3, 0.4) is 0 Å². The van der Waals surface area contributed by atoms with E-state index in [1.54, 1.807) is 18.0 Å². The number of hydrogen-bond donors (Lipinski definition) is 0. The lowest BCUT2D eigenvalue weighted by Crippen LogP contribution is -2.20. The molecule has 1 aromatic rings. The highest BCUT2D eigenvalue weighted by atomic mass is 16.2. The Morgan fingerprint density at radius 1 is 1.15 bits per heavy atom. The van der Waals surface area contributed by atoms with Gasteiger partial charge >= 0.3 is 0 Å². The average Bonchev–Trinajstić information content (AvgIpc) is 2.74. The summed E-state index contributed by atoms with van der Waals surface area (Å²) in [5.41, 5.74) is 2.32. The standard InChI is InChI=1S/C17H19NO2/c1-18-15(11-16(19)12-7-3-2-4-8-12)13-9-5-6-10-14(13)17(18)20/h5-6,9-12H,2-4,7-8H2,1H3/b15-11-. The van der Waals surface area contributed by atoms with Crippen LogP contribution in [0.2, 0.25) is 0 Å². The molecule has 2 aliphatic rings. The molecule has 1 saturated carbocycles. The summed E-state index contributed by atoms with van der Waals surface area (Å²) in [6.07, 6.45) is 7.18. The number of carbonyl (C=O) groups excluding carboxylic acids is 2. The SMILES string of the molecule is CN1C(=O)c2ccccc2/C1=C/C(=O)C1CCCCC1. The molecule has 0 N–H and O–H groups in total. The highest BCUT2D eigenvalue weighted by Gasteiger charge is 2.30. The minimum atomic E-state index is -0.0247. The van der Waals surface area contributed by atoms with Gasteiger partial charge in [-0.05, 0) is 18.9 Å². The molecule has 1 fully saturated rings. The van der Waals surface area contributed by atoms with E-state index in [4.69, 9.17) is 0 Å². The van der Waals surface area contributed by atoms with Gasteiger partial charge in [-0.25, -0.2) is 0 Å². The molecular formula is C17H19NO2. The number of fused-ring (bicyclic) bond motifs is 1. The quantitative estimate of drug-likeness (QED) is 0.773. The van der Waals surface area contributed by atoms with E-state index >= 15 is 0 Å². The van der Waals surface area contributed by atoms with Gasteiger partial charge in [-0.1, -0.05) is 37.5 Å². The van der Waals surface area contributed by atoms with Crippen LogP contribution in [0.15, 0.2) is 30.3 Å². The highest BCUT2D eigenvalue weighted by Crippen LogP contribution is 2.32. The van der Waals surface area contributed by atoms with Crippen molar-refractivity contribution >= 4 is 17.4 Å². The number of amides is 1. The second-order valence-electron chi connectivity index (χ2n) is 5.68. The van der Waals surface area contributed by atoms with Crippen molar-refractivity contribution in [1.82, 2.24) is 4.90 Å². The Hall–Kier alpha value is -1.90. The predicted molar refractivity (Wildman–Crippen MR) is 78.1 cm³/mol. The van der Waals surface area contributed by atoms with Crippen molar-refractivity contribution in [2.45, 2.75) is 32.1 Å². The summed E-state index contributed by atoms with van der Waals surface area (Å²) in [4.78, 5) is 26.1. The Morgan fingerprint density at radius 3 is 2.50 bits per heavy atom. The van der Waals surface area contributed by atoms with Crippen LogP contribution in [0.4, 0.5) is 0 Å². The Kier molecular flexibility index (Phi) is 3.43. The number of benzene rings is 1. The Bertz CT molecular complexity index is 582. The third-order valence-corrected chi connectivity index (χ3v) is 4.39. The van der Waals surface area contributed by atoms with Gasteiger partial charge in [0, 0.05) is 30.2 Å². The van der Waals surface area contributed by atoms with Gasteiger partial charge in [0.2, 0.25) is 0 Å². The van der Waals surface area contributed by atoms with E-state index in [9.17, 15) is 9.59 Å². The first-order chi connectivity index (χ1) is 9.68. The molecule has 0 radical (unpaired) electrons. The van der Waals surface area contributed by atoms with E-state index < -0.39 is 0 Å². The molecular weight excluding hydrogens is 250 g/mol. The molecule has 1 heterocycles. The fraction of sp³-hybridized carbons (Fsp3) is 0.412. The van der Waals surface area contributed by atoms with E-state index in [1.807, 2.05) is 24.3 Å². The molecule has 0 spiro atoms. The summed E-state index contributed by atoms with van der Waals surface area (Å²) < 4.78 is 0. The van der Waals surface area contributed by atoms with Crippen molar-refractivity contribution in [3.05, 3.63) is 41.5 Å². The largest absolute Gasteiger partial charge is 0.311 e. The normalized spacial score (nSPS) is 21.4. The van der Waals surface area contributed by atoms with Gasteiger partial charge in [-0.3, -0.25) is 9.59 Å². The molecule has 0 bridgehead atoms. The molecule has 0 atom stereocenters. The van der Waals surface area contributed by atoms with E-state index in [0.717, 1.165) is 36.9 Å². The summed E-state index contributed by atoms with van der Waals surface area (Å²) in [7, 11) is 1.74. The van der Waals surface area contributed by atoms with Gasteiger partial charge in [0.05, 0.1) is 5.70 Å². The van der Waals surface area contributed by atoms with Crippen LogP contribution in [0.25, 0.3) is 5.70 Å². The molecule has 104 valence electrons. The number of ketones is 1. The van der Waals surface area contributed by atoms with E-state index in [2.05, 4.69) is 0 Å². The third kappa shape index (κ3) is 2.17. The highest BCUT2D eigenvalue weighted by molar-refractivity contribution is 6.12. The van der Waals surface area contributed by atoms with Crippen LogP contribution in [0.1, 0.15) is 48.0 Å². The monoisotopic (exact) mass is 269 g/mol. The smallest absolute Gasteiger partial charge is 0.258 e. The van der Waals surface area contributed by atoms with E-state index in [0.29, 0.717) is 5.56 Å². The lowest BCUT2D eigenvalue weighted by atomic mass is 9.86. The van der Waals surface area contributed by atoms with E-state index in [1.165, 1.54) is 6.42 Å². The van der Waals surface area contributed by atoms with E-state index in [-0.39, 0.29) is 17.6 Å². The first-order valence-electron chi connectivity index (χ1n) is 7.31. The van der Waals surface area contributed by atoms with Crippen LogP contribution in [0.5, 0.6) is 0 Å². The Balaban J connectivity index is 1.91. The first kappa shape index (κ1) is 13.1. The summed E-state index contributed by atoms with van der Waals surface area (Å²) in [6, 6.07) is 7.50. The van der Waals surface area contributed by atoms with Gasteiger partial charge in [0.15, 0.2) is 5.78 Å². The van der Waals surface area contributed by atoms with Gasteiger partial charge < -0.3 is 4.90 Å². The summed E-state index contributed by atoms with van der Waals surface area (Å²) in [5, 5.41) is 0. The van der Waals surface area contributed by atoms with Crippen molar-refractivity contribution in [1.29, 1.82) is 0 Å². The fourth-order valence-electron chi connectivity index (χ4n) is 3.18. The molecule has 1 aliphatic carbocycles. The molecule has 0 saturated heterocycles. The molecule has 20 heavy (non-hydrogen) atoms. The minimum absolute atomic E-state index is 0.0247. The molecule has 0 unspecified atom stereocenters. The van der Waals surface area contributed by atoms with Crippen molar-refractivity contribution in [2.24, 2.45) is 5.92 Å². The molecule has 1 amide bonds. The van der Waals surface area contributed by atoms with Crippen LogP contribution in [-0.2, 0) is 4.79 Å². The molecule has 1 aromatic carbocycles. The second kappa shape index (κ2) is 5.23. The average molecular weight is 269 g/mol. The minimum Gasteiger partial charge on any atom is -0.311 e. The number of hydrogen-bond acceptors (Lipinski definition) is 2. The van der Waals surface area contributed by atoms with Crippen LogP contribution < -0.4 is 0 Å². The number of allylic oxidation sites excluding steroid dienone is 1. The molecule has 3 heteroatoms. The third-order valence-electron chi connectivity index (χ3n) is 4.39. The van der Waals surface area contributed by atoms with Gasteiger partial charge in [0.1, 0.15) is 0 Å². The van der Waals surface area contributed by atoms with Gasteiger partial charge in [-0.15, -0.1) is 0 Å². The van der Waals surface area contributed by atoms with Crippen LogP contribution in [0, 0.1) is 5.92 Å². The van der Waals surface area contributed by atoms with Crippen LogP contribution >= 0.6 is 0 Å². The van der Waals surface area contributed by atoms with Crippen molar-refractivity contribution in [3.63, 3.8) is 0 Å². The maximum absolute atomic E-state index is 12.4. The lowest BCUT2D eigenvalue weighted by Gasteiger charge is -2.19. The van der Waals surface area contributed by atoms with Gasteiger partial charge in [0.25, 0.3) is 5.91 Å². The molecule has 3 rings (SSSR count). The van der Waals surface area contributed by atoms with Crippen molar-refractivity contribution in [2.75, 3.05) is 7.05 Å². The fourth-order valence-corrected chi connectivity index (χ4v) is 3.18. The zero-order valence-electron chi connectivity index (χ0n) is 11.8. The van der Waals surface area contributed by atoms with Gasteiger partial charge in [-0.2, -0.15) is 0 Å². The maximum Gasteiger partial charge on any atom is 0.258 e. The Labute approximate surface area is 119 Å². The predicted octanol–water partition coefficient (Wildman–Crippen LogP) is 3.26. The first-order valence-corrected chi connectivity index (χ1v) is 7.31. The topological polar surface area (TPSA) is 37.4 Å². The number of carbonyl (C=O) groups is 2. The zero-order chi connectivity index (χ0) is 14.1. The summed E-state index contributed by atoms with van der Waals surface area (Å²) in [5.74, 6) is 0.298. The van der Waals surface area contributed by atoms with Crippen molar-refractivity contribution in [3.8, 4) is 0 Å². The summed E-state index contributed by atoms with van der Waals surface area (Å²) in [6.45, 7) is 0. The lowest BCUT2D eigenvalue weighted by molar-refractivity contribution is -0.119. The molecule has 1 aliphatic heterocycles.